The topological polar surface area (TPSA) is 81.4 Å². The summed E-state index contributed by atoms with van der Waals surface area (Å²) in [4.78, 5) is 0.976. The number of nitrogens with two attached hydrogens (primary N) is 1. The normalized spacial score (nSPS) is 12.9. The van der Waals surface area contributed by atoms with Crippen LogP contribution in [0.4, 0.5) is 0 Å². The highest BCUT2D eigenvalue weighted by Crippen LogP contribution is 2.22. The third-order valence-corrected chi connectivity index (χ3v) is 5.57. The van der Waals surface area contributed by atoms with E-state index in [9.17, 15) is 8.42 Å². The second-order valence-corrected chi connectivity index (χ2v) is 7.71. The maximum atomic E-state index is 12.0. The monoisotopic (exact) mass is 292 g/mol. The molecule has 7 heteroatoms. The first-order chi connectivity index (χ1) is 8.30. The Morgan fingerprint density at radius 2 is 2.11 bits per heavy atom. The van der Waals surface area contributed by atoms with E-state index < -0.39 is 15.6 Å². The van der Waals surface area contributed by atoms with Crippen LogP contribution in [0.3, 0.4) is 0 Å². The molecule has 1 aromatic rings. The molecule has 5 nitrogen and oxygen atoms in total. The summed E-state index contributed by atoms with van der Waals surface area (Å²) >= 11 is 1.25. The molecular formula is C11H20N2O3S2. The molecule has 0 saturated carbocycles. The Morgan fingerprint density at radius 1 is 1.44 bits per heavy atom. The zero-order valence-electron chi connectivity index (χ0n) is 10.9. The van der Waals surface area contributed by atoms with Crippen molar-refractivity contribution in [2.24, 2.45) is 5.73 Å². The number of thiophene rings is 1. The Morgan fingerprint density at radius 3 is 2.67 bits per heavy atom. The van der Waals surface area contributed by atoms with Gasteiger partial charge in [-0.1, -0.05) is 0 Å². The Hall–Kier alpha value is -0.470. The third kappa shape index (κ3) is 4.33. The molecule has 0 radical (unpaired) electrons. The maximum Gasteiger partial charge on any atom is 0.250 e. The molecular weight excluding hydrogens is 272 g/mol. The quantitative estimate of drug-likeness (QED) is 0.784. The van der Waals surface area contributed by atoms with Crippen LogP contribution in [-0.2, 0) is 21.2 Å². The average molecular weight is 292 g/mol. The van der Waals surface area contributed by atoms with E-state index in [2.05, 4.69) is 4.72 Å². The van der Waals surface area contributed by atoms with Gasteiger partial charge in [0.05, 0.1) is 5.60 Å². The molecule has 104 valence electrons. The summed E-state index contributed by atoms with van der Waals surface area (Å²) in [7, 11) is -1.90. The molecule has 1 aromatic heterocycles. The SMILES string of the molecule is COC(C)(C)CNS(=O)(=O)c1ccc(CCN)s1. The summed E-state index contributed by atoms with van der Waals surface area (Å²) in [6.07, 6.45) is 0.698. The molecule has 18 heavy (non-hydrogen) atoms. The van der Waals surface area contributed by atoms with Gasteiger partial charge >= 0.3 is 0 Å². The van der Waals surface area contributed by atoms with E-state index in [1.54, 1.807) is 19.2 Å². The molecule has 3 N–H and O–H groups in total. The summed E-state index contributed by atoms with van der Waals surface area (Å²) in [5.74, 6) is 0. The lowest BCUT2D eigenvalue weighted by Crippen LogP contribution is -2.39. The van der Waals surface area contributed by atoms with Gasteiger partial charge in [0, 0.05) is 18.5 Å². The minimum atomic E-state index is -3.45. The van der Waals surface area contributed by atoms with Crippen LogP contribution in [0.15, 0.2) is 16.3 Å². The van der Waals surface area contributed by atoms with Crippen molar-refractivity contribution >= 4 is 21.4 Å². The number of nitrogens with one attached hydrogen (secondary N) is 1. The lowest BCUT2D eigenvalue weighted by Gasteiger charge is -2.22. The smallest absolute Gasteiger partial charge is 0.250 e. The summed E-state index contributed by atoms with van der Waals surface area (Å²) in [5, 5.41) is 0. The number of ether oxygens (including phenoxy) is 1. The molecule has 0 amide bonds. The van der Waals surface area contributed by atoms with Crippen LogP contribution in [0.1, 0.15) is 18.7 Å². The molecule has 0 bridgehead atoms. The van der Waals surface area contributed by atoms with Crippen molar-refractivity contribution in [3.05, 3.63) is 17.0 Å². The molecule has 1 heterocycles. The fourth-order valence-corrected chi connectivity index (χ4v) is 3.81. The number of methoxy groups -OCH3 is 1. The second kappa shape index (κ2) is 6.12. The van der Waals surface area contributed by atoms with Gasteiger partial charge in [0.25, 0.3) is 0 Å². The Bertz CT molecular complexity index is 480. The van der Waals surface area contributed by atoms with E-state index in [1.807, 2.05) is 13.8 Å². The van der Waals surface area contributed by atoms with Crippen molar-refractivity contribution < 1.29 is 13.2 Å². The van der Waals surface area contributed by atoms with E-state index >= 15 is 0 Å². The van der Waals surface area contributed by atoms with Crippen LogP contribution in [0.25, 0.3) is 0 Å². The summed E-state index contributed by atoms with van der Waals surface area (Å²) in [5.41, 5.74) is 4.91. The molecule has 0 aromatic carbocycles. The molecule has 0 fully saturated rings. The molecule has 0 unspecified atom stereocenters. The first kappa shape index (κ1) is 15.6. The standard InChI is InChI=1S/C11H20N2O3S2/c1-11(2,16-3)8-13-18(14,15)10-5-4-9(17-10)6-7-12/h4-5,13H,6-8,12H2,1-3H3. The predicted octanol–water partition coefficient (Wildman–Crippen LogP) is 0.953. The van der Waals surface area contributed by atoms with E-state index in [1.165, 1.54) is 11.3 Å². The molecule has 0 spiro atoms. The molecule has 0 aliphatic rings. The molecule has 1 rings (SSSR count). The van der Waals surface area contributed by atoms with Gasteiger partial charge in [-0.3, -0.25) is 0 Å². The van der Waals surface area contributed by atoms with E-state index in [4.69, 9.17) is 10.5 Å². The van der Waals surface area contributed by atoms with Crippen LogP contribution in [0.5, 0.6) is 0 Å². The van der Waals surface area contributed by atoms with Gasteiger partial charge < -0.3 is 10.5 Å². The van der Waals surface area contributed by atoms with Crippen LogP contribution >= 0.6 is 11.3 Å². The molecule has 0 aliphatic heterocycles. The number of hydrogen-bond acceptors (Lipinski definition) is 5. The van der Waals surface area contributed by atoms with Crippen molar-refractivity contribution in [1.29, 1.82) is 0 Å². The first-order valence-electron chi connectivity index (χ1n) is 5.64. The van der Waals surface area contributed by atoms with Crippen molar-refractivity contribution in [1.82, 2.24) is 4.72 Å². The van der Waals surface area contributed by atoms with Gasteiger partial charge in [0.15, 0.2) is 0 Å². The highest BCUT2D eigenvalue weighted by atomic mass is 32.2. The number of rotatable bonds is 7. The number of sulfonamides is 1. The van der Waals surface area contributed by atoms with Gasteiger partial charge in [-0.25, -0.2) is 13.1 Å². The van der Waals surface area contributed by atoms with Crippen LogP contribution < -0.4 is 10.5 Å². The summed E-state index contributed by atoms with van der Waals surface area (Å²) in [6, 6.07) is 3.41. The molecule has 0 aliphatic carbocycles. The summed E-state index contributed by atoms with van der Waals surface area (Å²) in [6.45, 7) is 4.40. The molecule has 0 atom stereocenters. The van der Waals surface area contributed by atoms with Crippen molar-refractivity contribution in [3.63, 3.8) is 0 Å². The average Bonchev–Trinajstić information content (AvgIpc) is 2.77. The predicted molar refractivity (Wildman–Crippen MR) is 73.4 cm³/mol. The zero-order chi connectivity index (χ0) is 13.8. The fraction of sp³-hybridized carbons (Fsp3) is 0.636. The van der Waals surface area contributed by atoms with Gasteiger partial charge in [-0.2, -0.15) is 0 Å². The minimum Gasteiger partial charge on any atom is -0.377 e. The Balaban J connectivity index is 2.74. The van der Waals surface area contributed by atoms with Gasteiger partial charge in [-0.05, 0) is 38.9 Å². The van der Waals surface area contributed by atoms with Crippen molar-refractivity contribution in [3.8, 4) is 0 Å². The maximum absolute atomic E-state index is 12.0. The van der Waals surface area contributed by atoms with Crippen LogP contribution in [-0.4, -0.2) is 34.2 Å². The lowest BCUT2D eigenvalue weighted by atomic mass is 10.1. The third-order valence-electron chi connectivity index (χ3n) is 2.53. The highest BCUT2D eigenvalue weighted by molar-refractivity contribution is 7.91. The van der Waals surface area contributed by atoms with Crippen molar-refractivity contribution in [2.75, 3.05) is 20.2 Å². The Labute approximate surface area is 112 Å². The lowest BCUT2D eigenvalue weighted by molar-refractivity contribution is 0.0276. The second-order valence-electron chi connectivity index (χ2n) is 4.55. The minimum absolute atomic E-state index is 0.232. The molecule has 0 saturated heterocycles. The zero-order valence-corrected chi connectivity index (χ0v) is 12.5. The first-order valence-corrected chi connectivity index (χ1v) is 7.94. The van der Waals surface area contributed by atoms with E-state index in [0.29, 0.717) is 17.2 Å². The van der Waals surface area contributed by atoms with Crippen molar-refractivity contribution in [2.45, 2.75) is 30.1 Å². The van der Waals surface area contributed by atoms with E-state index in [-0.39, 0.29) is 6.54 Å². The van der Waals surface area contributed by atoms with E-state index in [0.717, 1.165) is 4.88 Å². The largest absolute Gasteiger partial charge is 0.377 e. The van der Waals surface area contributed by atoms with Crippen LogP contribution in [0, 0.1) is 0 Å². The van der Waals surface area contributed by atoms with Gasteiger partial charge in [-0.15, -0.1) is 11.3 Å². The Kier molecular flexibility index (Phi) is 5.30. The van der Waals surface area contributed by atoms with Gasteiger partial charge in [0.1, 0.15) is 4.21 Å². The fourth-order valence-electron chi connectivity index (χ4n) is 1.19. The summed E-state index contributed by atoms with van der Waals surface area (Å²) < 4.78 is 32.1. The van der Waals surface area contributed by atoms with Crippen LogP contribution in [0.2, 0.25) is 0 Å². The highest BCUT2D eigenvalue weighted by Gasteiger charge is 2.22. The van der Waals surface area contributed by atoms with Gasteiger partial charge in [0.2, 0.25) is 10.0 Å². The number of hydrogen-bond donors (Lipinski definition) is 2.